The Kier molecular flexibility index (Phi) is 6.21. The summed E-state index contributed by atoms with van der Waals surface area (Å²) in [6.07, 6.45) is 2.58. The molecule has 1 N–H and O–H groups in total. The van der Waals surface area contributed by atoms with E-state index in [1.807, 2.05) is 0 Å². The second-order valence-corrected chi connectivity index (χ2v) is 3.82. The molecule has 1 nitrogen and oxygen atoms in total. The average molecular weight is 194 g/mol. The summed E-state index contributed by atoms with van der Waals surface area (Å²) in [5, 5.41) is 9.20. The van der Waals surface area contributed by atoms with Gasteiger partial charge in [0, 0.05) is 0 Å². The third kappa shape index (κ3) is 5.97. The first-order valence-electron chi connectivity index (χ1n) is 5.01. The predicted octanol–water partition coefficient (Wildman–Crippen LogP) is 3.36. The molecular formula is C10H20F2O. The van der Waals surface area contributed by atoms with Crippen LogP contribution in [0.2, 0.25) is 0 Å². The smallest absolute Gasteiger partial charge is 0.266 e. The molecule has 3 heteroatoms. The van der Waals surface area contributed by atoms with Crippen molar-refractivity contribution in [3.63, 3.8) is 0 Å². The number of hydrogen-bond donors (Lipinski definition) is 1. The van der Waals surface area contributed by atoms with E-state index in [-0.39, 0.29) is 6.42 Å². The molecule has 0 aliphatic rings. The maximum atomic E-state index is 12.1. The minimum absolute atomic E-state index is 0.203. The molecule has 0 saturated heterocycles. The van der Waals surface area contributed by atoms with Crippen LogP contribution in [0.3, 0.4) is 0 Å². The zero-order valence-corrected chi connectivity index (χ0v) is 8.52. The molecule has 80 valence electrons. The van der Waals surface area contributed by atoms with E-state index in [4.69, 9.17) is 0 Å². The van der Waals surface area contributed by atoms with Crippen molar-refractivity contribution in [1.29, 1.82) is 0 Å². The van der Waals surface area contributed by atoms with Gasteiger partial charge in [0.1, 0.15) is 5.60 Å². The van der Waals surface area contributed by atoms with Crippen LogP contribution in [0, 0.1) is 0 Å². The van der Waals surface area contributed by atoms with Crippen molar-refractivity contribution in [2.45, 2.75) is 64.4 Å². The van der Waals surface area contributed by atoms with Crippen LogP contribution >= 0.6 is 0 Å². The largest absolute Gasteiger partial charge is 0.384 e. The molecular weight excluding hydrogens is 174 g/mol. The maximum absolute atomic E-state index is 12.1. The van der Waals surface area contributed by atoms with Crippen molar-refractivity contribution in [1.82, 2.24) is 0 Å². The van der Waals surface area contributed by atoms with Crippen molar-refractivity contribution >= 4 is 0 Å². The van der Waals surface area contributed by atoms with Gasteiger partial charge in [-0.05, 0) is 13.3 Å². The van der Waals surface area contributed by atoms with Gasteiger partial charge < -0.3 is 5.11 Å². The van der Waals surface area contributed by atoms with Crippen LogP contribution in [0.4, 0.5) is 8.78 Å². The van der Waals surface area contributed by atoms with Crippen LogP contribution in [0.1, 0.15) is 52.4 Å². The third-order valence-electron chi connectivity index (χ3n) is 2.26. The van der Waals surface area contributed by atoms with Crippen LogP contribution in [0.15, 0.2) is 0 Å². The highest BCUT2D eigenvalue weighted by Gasteiger charge is 2.30. The Morgan fingerprint density at radius 1 is 1.15 bits per heavy atom. The average Bonchev–Trinajstić information content (AvgIpc) is 2.03. The Bertz CT molecular complexity index is 124. The lowest BCUT2D eigenvalue weighted by atomic mass is 9.98. The molecule has 0 heterocycles. The molecule has 13 heavy (non-hydrogen) atoms. The van der Waals surface area contributed by atoms with Crippen LogP contribution < -0.4 is 0 Å². The highest BCUT2D eigenvalue weighted by molar-refractivity contribution is 4.74. The first kappa shape index (κ1) is 12.8. The van der Waals surface area contributed by atoms with Gasteiger partial charge in [-0.1, -0.05) is 39.0 Å². The molecule has 0 aliphatic heterocycles. The molecule has 0 fully saturated rings. The van der Waals surface area contributed by atoms with Crippen molar-refractivity contribution in [3.8, 4) is 0 Å². The van der Waals surface area contributed by atoms with Crippen LogP contribution in [-0.4, -0.2) is 17.1 Å². The topological polar surface area (TPSA) is 20.2 Å². The Balaban J connectivity index is 3.41. The summed E-state index contributed by atoms with van der Waals surface area (Å²) in [4.78, 5) is 0. The van der Waals surface area contributed by atoms with Gasteiger partial charge in [0.2, 0.25) is 0 Å². The highest BCUT2D eigenvalue weighted by Crippen LogP contribution is 2.22. The van der Waals surface area contributed by atoms with E-state index < -0.39 is 12.0 Å². The molecule has 1 unspecified atom stereocenters. The van der Waals surface area contributed by atoms with E-state index in [0.29, 0.717) is 6.42 Å². The molecule has 0 aliphatic carbocycles. The molecule has 0 spiro atoms. The molecule has 1 atom stereocenters. The van der Waals surface area contributed by atoms with Gasteiger partial charge in [0.25, 0.3) is 6.43 Å². The minimum atomic E-state index is -2.63. The first-order valence-corrected chi connectivity index (χ1v) is 5.01. The van der Waals surface area contributed by atoms with Crippen molar-refractivity contribution in [3.05, 3.63) is 0 Å². The summed E-state index contributed by atoms with van der Waals surface area (Å²) >= 11 is 0. The van der Waals surface area contributed by atoms with Gasteiger partial charge in [0.05, 0.1) is 0 Å². The molecule has 0 radical (unpaired) electrons. The van der Waals surface area contributed by atoms with Gasteiger partial charge in [-0.2, -0.15) is 0 Å². The van der Waals surface area contributed by atoms with Crippen LogP contribution in [-0.2, 0) is 0 Å². The monoisotopic (exact) mass is 194 g/mol. The minimum Gasteiger partial charge on any atom is -0.384 e. The van der Waals surface area contributed by atoms with E-state index >= 15 is 0 Å². The van der Waals surface area contributed by atoms with E-state index in [0.717, 1.165) is 25.7 Å². The van der Waals surface area contributed by atoms with Gasteiger partial charge in [-0.3, -0.25) is 0 Å². The Morgan fingerprint density at radius 2 is 1.69 bits per heavy atom. The maximum Gasteiger partial charge on any atom is 0.266 e. The Hall–Kier alpha value is -0.180. The third-order valence-corrected chi connectivity index (χ3v) is 2.26. The van der Waals surface area contributed by atoms with Crippen LogP contribution in [0.25, 0.3) is 0 Å². The molecule has 0 saturated carbocycles. The molecule has 0 bridgehead atoms. The summed E-state index contributed by atoms with van der Waals surface area (Å²) in [6.45, 7) is 3.31. The Morgan fingerprint density at radius 3 is 2.15 bits per heavy atom. The van der Waals surface area contributed by atoms with Gasteiger partial charge in [0.15, 0.2) is 0 Å². The summed E-state index contributed by atoms with van der Waals surface area (Å²) in [7, 11) is 0. The molecule has 0 aromatic rings. The zero-order chi connectivity index (χ0) is 10.3. The number of rotatable bonds is 7. The number of unbranched alkanes of at least 4 members (excludes halogenated alkanes) is 4. The normalized spacial score (nSPS) is 16.2. The second kappa shape index (κ2) is 6.30. The van der Waals surface area contributed by atoms with Gasteiger partial charge in [-0.15, -0.1) is 0 Å². The van der Waals surface area contributed by atoms with Crippen molar-refractivity contribution in [2.24, 2.45) is 0 Å². The predicted molar refractivity (Wildman–Crippen MR) is 50.0 cm³/mol. The second-order valence-electron chi connectivity index (χ2n) is 3.82. The standard InChI is InChI=1S/C10H20F2O/c1-3-4-5-6-7-8-10(2,13)9(11)12/h9,13H,3-8H2,1-2H3. The van der Waals surface area contributed by atoms with E-state index in [1.165, 1.54) is 6.92 Å². The Labute approximate surface area is 79.1 Å². The summed E-state index contributed by atoms with van der Waals surface area (Å²) < 4.78 is 24.3. The fourth-order valence-electron chi connectivity index (χ4n) is 1.20. The fraction of sp³-hybridized carbons (Fsp3) is 1.00. The lowest BCUT2D eigenvalue weighted by Crippen LogP contribution is -2.33. The van der Waals surface area contributed by atoms with E-state index in [9.17, 15) is 13.9 Å². The highest BCUT2D eigenvalue weighted by atomic mass is 19.3. The van der Waals surface area contributed by atoms with Crippen molar-refractivity contribution < 1.29 is 13.9 Å². The number of hydrogen-bond acceptors (Lipinski definition) is 1. The van der Waals surface area contributed by atoms with Gasteiger partial charge >= 0.3 is 0 Å². The molecule has 0 amide bonds. The number of alkyl halides is 2. The molecule has 0 rings (SSSR count). The first-order chi connectivity index (χ1) is 6.00. The summed E-state index contributed by atoms with van der Waals surface area (Å²) in [5.41, 5.74) is -1.79. The van der Waals surface area contributed by atoms with E-state index in [1.54, 1.807) is 0 Å². The lowest BCUT2D eigenvalue weighted by Gasteiger charge is -2.21. The molecule has 0 aromatic heterocycles. The quantitative estimate of drug-likeness (QED) is 0.616. The summed E-state index contributed by atoms with van der Waals surface area (Å²) in [6, 6.07) is 0. The summed E-state index contributed by atoms with van der Waals surface area (Å²) in [5.74, 6) is 0. The molecule has 0 aromatic carbocycles. The van der Waals surface area contributed by atoms with Crippen molar-refractivity contribution in [2.75, 3.05) is 0 Å². The van der Waals surface area contributed by atoms with Gasteiger partial charge in [-0.25, -0.2) is 8.78 Å². The zero-order valence-electron chi connectivity index (χ0n) is 8.52. The SMILES string of the molecule is CCCCCCCC(C)(O)C(F)F. The fourth-order valence-corrected chi connectivity index (χ4v) is 1.20. The lowest BCUT2D eigenvalue weighted by molar-refractivity contribution is -0.0888. The van der Waals surface area contributed by atoms with E-state index in [2.05, 4.69) is 6.92 Å². The van der Waals surface area contributed by atoms with Crippen LogP contribution in [0.5, 0.6) is 0 Å². The number of halogens is 2. The number of aliphatic hydroxyl groups is 1.